The van der Waals surface area contributed by atoms with Crippen LogP contribution in [-0.2, 0) is 9.47 Å². The van der Waals surface area contributed by atoms with E-state index in [0.29, 0.717) is 13.2 Å². The zero-order valence-electron chi connectivity index (χ0n) is 11.1. The third-order valence-electron chi connectivity index (χ3n) is 2.51. The van der Waals surface area contributed by atoms with Gasteiger partial charge in [0.05, 0.1) is 19.8 Å². The van der Waals surface area contributed by atoms with Gasteiger partial charge in [-0.15, -0.1) is 0 Å². The molecule has 4 nitrogen and oxygen atoms in total. The summed E-state index contributed by atoms with van der Waals surface area (Å²) in [6.45, 7) is 2.88. The van der Waals surface area contributed by atoms with E-state index in [1.165, 1.54) is 0 Å². The normalized spacial score (nSPS) is 10.5. The van der Waals surface area contributed by atoms with Crippen LogP contribution in [0.5, 0.6) is 5.75 Å². The Bertz CT molecular complexity index is 300. The van der Waals surface area contributed by atoms with Crippen LogP contribution in [0.25, 0.3) is 0 Å². The Labute approximate surface area is 109 Å². The summed E-state index contributed by atoms with van der Waals surface area (Å²) in [6.07, 6.45) is 3.22. The summed E-state index contributed by atoms with van der Waals surface area (Å²) >= 11 is 0. The van der Waals surface area contributed by atoms with Gasteiger partial charge in [0.2, 0.25) is 0 Å². The monoisotopic (exact) mass is 253 g/mol. The van der Waals surface area contributed by atoms with E-state index in [4.69, 9.17) is 19.9 Å². The molecular formula is C14H23NO3. The Morgan fingerprint density at radius 2 is 1.61 bits per heavy atom. The second-order valence-corrected chi connectivity index (χ2v) is 4.08. The molecule has 0 bridgehead atoms. The summed E-state index contributed by atoms with van der Waals surface area (Å²) in [6, 6.07) is 7.48. The summed E-state index contributed by atoms with van der Waals surface area (Å²) in [7, 11) is 1.68. The van der Waals surface area contributed by atoms with Crippen molar-refractivity contribution in [3.05, 3.63) is 24.3 Å². The maximum atomic E-state index is 5.59. The van der Waals surface area contributed by atoms with Crippen molar-refractivity contribution in [3.63, 3.8) is 0 Å². The van der Waals surface area contributed by atoms with E-state index in [2.05, 4.69) is 0 Å². The van der Waals surface area contributed by atoms with Gasteiger partial charge in [0.15, 0.2) is 0 Å². The number of methoxy groups -OCH3 is 1. The minimum absolute atomic E-state index is 0.667. The summed E-state index contributed by atoms with van der Waals surface area (Å²) < 4.78 is 15.9. The molecule has 1 rings (SSSR count). The molecule has 0 heterocycles. The lowest BCUT2D eigenvalue weighted by Crippen LogP contribution is -2.03. The summed E-state index contributed by atoms with van der Waals surface area (Å²) in [5.41, 5.74) is 6.35. The highest BCUT2D eigenvalue weighted by molar-refractivity contribution is 5.41. The van der Waals surface area contributed by atoms with Gasteiger partial charge in [0.25, 0.3) is 0 Å². The van der Waals surface area contributed by atoms with Gasteiger partial charge in [0.1, 0.15) is 5.75 Å². The molecule has 1 aromatic rings. The molecule has 4 heteroatoms. The molecule has 0 saturated heterocycles. The van der Waals surface area contributed by atoms with Gasteiger partial charge in [-0.1, -0.05) is 0 Å². The van der Waals surface area contributed by atoms with Crippen molar-refractivity contribution in [2.45, 2.75) is 19.3 Å². The van der Waals surface area contributed by atoms with Crippen LogP contribution in [0, 0.1) is 0 Å². The molecule has 0 unspecified atom stereocenters. The molecule has 0 radical (unpaired) electrons. The smallest absolute Gasteiger partial charge is 0.119 e. The van der Waals surface area contributed by atoms with Crippen LogP contribution in [0.1, 0.15) is 19.3 Å². The van der Waals surface area contributed by atoms with Crippen LogP contribution in [0.4, 0.5) is 5.69 Å². The lowest BCUT2D eigenvalue weighted by Gasteiger charge is -2.06. The molecule has 1 aromatic carbocycles. The maximum absolute atomic E-state index is 5.59. The molecule has 0 amide bonds. The minimum atomic E-state index is 0.667. The molecule has 2 N–H and O–H groups in total. The Hall–Kier alpha value is -1.26. The van der Waals surface area contributed by atoms with Gasteiger partial charge in [0, 0.05) is 19.4 Å². The first-order chi connectivity index (χ1) is 8.83. The molecule has 0 spiro atoms. The van der Waals surface area contributed by atoms with Crippen molar-refractivity contribution >= 4 is 5.69 Å². The van der Waals surface area contributed by atoms with E-state index in [0.717, 1.165) is 43.9 Å². The van der Waals surface area contributed by atoms with Crippen LogP contribution >= 0.6 is 0 Å². The lowest BCUT2D eigenvalue weighted by atomic mass is 10.2. The van der Waals surface area contributed by atoms with Crippen molar-refractivity contribution in [1.82, 2.24) is 0 Å². The van der Waals surface area contributed by atoms with Crippen molar-refractivity contribution < 1.29 is 14.2 Å². The third-order valence-corrected chi connectivity index (χ3v) is 2.51. The van der Waals surface area contributed by atoms with E-state index in [1.54, 1.807) is 7.11 Å². The summed E-state index contributed by atoms with van der Waals surface area (Å²) in [5, 5.41) is 0. The van der Waals surface area contributed by atoms with Gasteiger partial charge < -0.3 is 19.9 Å². The third kappa shape index (κ3) is 7.14. The first-order valence-electron chi connectivity index (χ1n) is 6.38. The summed E-state index contributed by atoms with van der Waals surface area (Å²) in [5.74, 6) is 0.876. The van der Waals surface area contributed by atoms with Crippen LogP contribution in [0.15, 0.2) is 24.3 Å². The number of anilines is 1. The molecule has 18 heavy (non-hydrogen) atoms. The van der Waals surface area contributed by atoms with Gasteiger partial charge in [-0.25, -0.2) is 0 Å². The number of hydrogen-bond acceptors (Lipinski definition) is 4. The molecule has 0 aliphatic heterocycles. The Morgan fingerprint density at radius 1 is 0.889 bits per heavy atom. The van der Waals surface area contributed by atoms with E-state index in [9.17, 15) is 0 Å². The number of nitrogens with two attached hydrogens (primary N) is 1. The first kappa shape index (κ1) is 14.8. The molecule has 0 aliphatic carbocycles. The maximum Gasteiger partial charge on any atom is 0.119 e. The molecule has 0 aromatic heterocycles. The zero-order valence-corrected chi connectivity index (χ0v) is 11.1. The van der Waals surface area contributed by atoms with Crippen molar-refractivity contribution in [3.8, 4) is 5.75 Å². The molecule has 102 valence electrons. The predicted molar refractivity (Wildman–Crippen MR) is 72.9 cm³/mol. The number of unbranched alkanes of at least 4 members (excludes halogenated alkanes) is 2. The zero-order chi connectivity index (χ0) is 13.1. The number of hydrogen-bond donors (Lipinski definition) is 1. The molecule has 0 fully saturated rings. The average Bonchev–Trinajstić information content (AvgIpc) is 2.39. The Balaban J connectivity index is 1.91. The predicted octanol–water partition coefficient (Wildman–Crippen LogP) is 2.48. The fourth-order valence-electron chi connectivity index (χ4n) is 1.48. The Morgan fingerprint density at radius 3 is 2.33 bits per heavy atom. The van der Waals surface area contributed by atoms with Gasteiger partial charge in [-0.05, 0) is 43.5 Å². The van der Waals surface area contributed by atoms with E-state index < -0.39 is 0 Å². The highest BCUT2D eigenvalue weighted by atomic mass is 16.5. The fourth-order valence-corrected chi connectivity index (χ4v) is 1.48. The SMILES string of the molecule is COCCOCCCCCOc1ccc(N)cc1. The minimum Gasteiger partial charge on any atom is -0.494 e. The molecular weight excluding hydrogens is 230 g/mol. The van der Waals surface area contributed by atoms with E-state index in [-0.39, 0.29) is 0 Å². The van der Waals surface area contributed by atoms with Gasteiger partial charge in [-0.2, -0.15) is 0 Å². The molecule has 0 atom stereocenters. The average molecular weight is 253 g/mol. The number of ether oxygens (including phenoxy) is 3. The number of nitrogen functional groups attached to an aromatic ring is 1. The largest absolute Gasteiger partial charge is 0.494 e. The second kappa shape index (κ2) is 9.74. The van der Waals surface area contributed by atoms with Crippen molar-refractivity contribution in [2.75, 3.05) is 39.3 Å². The van der Waals surface area contributed by atoms with Crippen LogP contribution < -0.4 is 10.5 Å². The second-order valence-electron chi connectivity index (χ2n) is 4.08. The highest BCUT2D eigenvalue weighted by Crippen LogP contribution is 2.13. The topological polar surface area (TPSA) is 53.7 Å². The highest BCUT2D eigenvalue weighted by Gasteiger charge is 1.94. The van der Waals surface area contributed by atoms with E-state index in [1.807, 2.05) is 24.3 Å². The van der Waals surface area contributed by atoms with Gasteiger partial charge >= 0.3 is 0 Å². The summed E-state index contributed by atoms with van der Waals surface area (Å²) in [4.78, 5) is 0. The van der Waals surface area contributed by atoms with Crippen molar-refractivity contribution in [2.24, 2.45) is 0 Å². The standard InChI is InChI=1S/C14H23NO3/c1-16-11-12-17-9-3-2-4-10-18-14-7-5-13(15)6-8-14/h5-8H,2-4,9-12,15H2,1H3. The van der Waals surface area contributed by atoms with Crippen LogP contribution in [0.2, 0.25) is 0 Å². The number of rotatable bonds is 10. The quantitative estimate of drug-likeness (QED) is 0.514. The van der Waals surface area contributed by atoms with E-state index >= 15 is 0 Å². The van der Waals surface area contributed by atoms with Crippen molar-refractivity contribution in [1.29, 1.82) is 0 Å². The lowest BCUT2D eigenvalue weighted by molar-refractivity contribution is 0.0682. The fraction of sp³-hybridized carbons (Fsp3) is 0.571. The molecule has 0 aliphatic rings. The van der Waals surface area contributed by atoms with Crippen LogP contribution in [0.3, 0.4) is 0 Å². The molecule has 0 saturated carbocycles. The van der Waals surface area contributed by atoms with Gasteiger partial charge in [-0.3, -0.25) is 0 Å². The number of benzene rings is 1. The Kier molecular flexibility index (Phi) is 8.01. The van der Waals surface area contributed by atoms with Crippen LogP contribution in [-0.4, -0.2) is 33.5 Å². The first-order valence-corrected chi connectivity index (χ1v) is 6.38.